The minimum atomic E-state index is 0.331. The summed E-state index contributed by atoms with van der Waals surface area (Å²) in [4.78, 5) is 2.76. The summed E-state index contributed by atoms with van der Waals surface area (Å²) in [6.45, 7) is 13.0. The summed E-state index contributed by atoms with van der Waals surface area (Å²) in [5.41, 5.74) is 2.16. The summed E-state index contributed by atoms with van der Waals surface area (Å²) < 4.78 is 0. The van der Waals surface area contributed by atoms with Crippen LogP contribution < -0.4 is 5.32 Å². The van der Waals surface area contributed by atoms with Gasteiger partial charge in [0.25, 0.3) is 0 Å². The first-order chi connectivity index (χ1) is 9.39. The van der Waals surface area contributed by atoms with Gasteiger partial charge < -0.3 is 5.32 Å². The summed E-state index contributed by atoms with van der Waals surface area (Å²) >= 11 is 1.82. The monoisotopic (exact) mass is 292 g/mol. The Morgan fingerprint density at radius 3 is 2.70 bits per heavy atom. The molecule has 2 heterocycles. The predicted molar refractivity (Wildman–Crippen MR) is 87.1 cm³/mol. The molecule has 112 valence electrons. The number of nitrogens with one attached hydrogen (secondary N) is 1. The molecule has 1 aliphatic heterocycles. The first-order valence-electron chi connectivity index (χ1n) is 7.89. The van der Waals surface area contributed by atoms with Crippen molar-refractivity contribution < 1.29 is 0 Å². The Morgan fingerprint density at radius 1 is 1.40 bits per heavy atom. The molecule has 1 aromatic heterocycles. The lowest BCUT2D eigenvalue weighted by Crippen LogP contribution is -2.66. The number of nitrogens with zero attached hydrogens (tertiary/aromatic N) is 1. The van der Waals surface area contributed by atoms with Crippen LogP contribution in [0.1, 0.15) is 46.1 Å². The average molecular weight is 292 g/mol. The van der Waals surface area contributed by atoms with Crippen LogP contribution in [0.4, 0.5) is 0 Å². The van der Waals surface area contributed by atoms with Gasteiger partial charge in [0.2, 0.25) is 0 Å². The third kappa shape index (κ3) is 2.81. The van der Waals surface area contributed by atoms with Crippen molar-refractivity contribution in [2.45, 2.75) is 58.7 Å². The highest BCUT2D eigenvalue weighted by Gasteiger charge is 2.49. The van der Waals surface area contributed by atoms with Gasteiger partial charge in [0.1, 0.15) is 0 Å². The molecule has 0 radical (unpaired) electrons. The van der Waals surface area contributed by atoms with E-state index in [9.17, 15) is 0 Å². The van der Waals surface area contributed by atoms with Crippen molar-refractivity contribution in [3.8, 4) is 0 Å². The third-order valence-electron chi connectivity index (χ3n) is 5.29. The SMILES string of the molecule is CC(C)(C)C1CN(Cc2ccsc2)C(C)(C2CC2)CN1. The molecule has 2 atom stereocenters. The molecule has 0 aromatic carbocycles. The molecule has 1 saturated carbocycles. The van der Waals surface area contributed by atoms with Gasteiger partial charge in [-0.1, -0.05) is 20.8 Å². The Balaban J connectivity index is 1.79. The van der Waals surface area contributed by atoms with Gasteiger partial charge in [-0.05, 0) is 53.5 Å². The minimum Gasteiger partial charge on any atom is -0.310 e. The van der Waals surface area contributed by atoms with E-state index in [2.05, 4.69) is 54.7 Å². The highest BCUT2D eigenvalue weighted by Crippen LogP contribution is 2.45. The van der Waals surface area contributed by atoms with Crippen molar-refractivity contribution in [2.75, 3.05) is 13.1 Å². The van der Waals surface area contributed by atoms with E-state index >= 15 is 0 Å². The predicted octanol–water partition coefficient (Wildman–Crippen LogP) is 3.74. The zero-order valence-corrected chi connectivity index (χ0v) is 14.1. The lowest BCUT2D eigenvalue weighted by Gasteiger charge is -2.51. The molecule has 0 amide bonds. The van der Waals surface area contributed by atoms with E-state index in [0.717, 1.165) is 19.0 Å². The van der Waals surface area contributed by atoms with Crippen LogP contribution in [0.15, 0.2) is 16.8 Å². The van der Waals surface area contributed by atoms with Crippen LogP contribution in [0, 0.1) is 11.3 Å². The molecule has 0 bridgehead atoms. The minimum absolute atomic E-state index is 0.331. The maximum Gasteiger partial charge on any atom is 0.0338 e. The van der Waals surface area contributed by atoms with Gasteiger partial charge in [-0.25, -0.2) is 0 Å². The summed E-state index contributed by atoms with van der Waals surface area (Å²) in [6, 6.07) is 2.87. The van der Waals surface area contributed by atoms with Crippen LogP contribution in [0.3, 0.4) is 0 Å². The maximum atomic E-state index is 3.84. The van der Waals surface area contributed by atoms with Crippen LogP contribution in [0.5, 0.6) is 0 Å². The second kappa shape index (κ2) is 5.11. The first kappa shape index (κ1) is 14.6. The van der Waals surface area contributed by atoms with Gasteiger partial charge >= 0.3 is 0 Å². The first-order valence-corrected chi connectivity index (χ1v) is 8.83. The van der Waals surface area contributed by atoms with Gasteiger partial charge in [-0.15, -0.1) is 0 Å². The van der Waals surface area contributed by atoms with Crippen molar-refractivity contribution in [1.82, 2.24) is 10.2 Å². The third-order valence-corrected chi connectivity index (χ3v) is 6.02. The molecular weight excluding hydrogens is 264 g/mol. The molecule has 1 aromatic rings. The highest BCUT2D eigenvalue weighted by atomic mass is 32.1. The summed E-state index contributed by atoms with van der Waals surface area (Å²) in [5, 5.41) is 8.35. The molecule has 1 aliphatic carbocycles. The normalized spacial score (nSPS) is 32.5. The molecule has 2 aliphatic rings. The van der Waals surface area contributed by atoms with Crippen LogP contribution >= 0.6 is 11.3 Å². The van der Waals surface area contributed by atoms with E-state index in [1.807, 2.05) is 11.3 Å². The topological polar surface area (TPSA) is 15.3 Å². The maximum absolute atomic E-state index is 3.84. The van der Waals surface area contributed by atoms with E-state index in [-0.39, 0.29) is 0 Å². The van der Waals surface area contributed by atoms with Crippen molar-refractivity contribution in [3.05, 3.63) is 22.4 Å². The molecule has 20 heavy (non-hydrogen) atoms. The highest BCUT2D eigenvalue weighted by molar-refractivity contribution is 7.07. The molecule has 1 N–H and O–H groups in total. The zero-order valence-electron chi connectivity index (χ0n) is 13.3. The van der Waals surface area contributed by atoms with E-state index in [4.69, 9.17) is 0 Å². The molecule has 3 heteroatoms. The van der Waals surface area contributed by atoms with Crippen molar-refractivity contribution in [2.24, 2.45) is 11.3 Å². The van der Waals surface area contributed by atoms with Crippen molar-refractivity contribution in [1.29, 1.82) is 0 Å². The molecule has 3 rings (SSSR count). The Kier molecular flexibility index (Phi) is 3.72. The Hall–Kier alpha value is -0.380. The number of rotatable bonds is 3. The summed E-state index contributed by atoms with van der Waals surface area (Å²) in [6.07, 6.45) is 2.83. The number of piperazine rings is 1. The van der Waals surface area contributed by atoms with Crippen LogP contribution in [0.2, 0.25) is 0 Å². The van der Waals surface area contributed by atoms with Crippen LogP contribution in [0.25, 0.3) is 0 Å². The number of thiophene rings is 1. The van der Waals surface area contributed by atoms with Gasteiger partial charge in [0.15, 0.2) is 0 Å². The van der Waals surface area contributed by atoms with Gasteiger partial charge in [0.05, 0.1) is 0 Å². The Labute approximate surface area is 127 Å². The second-order valence-corrected chi connectivity index (χ2v) is 8.72. The Morgan fingerprint density at radius 2 is 2.15 bits per heavy atom. The van der Waals surface area contributed by atoms with E-state index < -0.39 is 0 Å². The van der Waals surface area contributed by atoms with Gasteiger partial charge in [-0.2, -0.15) is 11.3 Å². The fourth-order valence-corrected chi connectivity index (χ4v) is 4.13. The lowest BCUT2D eigenvalue weighted by molar-refractivity contribution is 0.00426. The zero-order chi connectivity index (χ0) is 14.4. The quantitative estimate of drug-likeness (QED) is 0.913. The standard InChI is InChI=1S/C17H28N2S/c1-16(2,3)15-10-19(9-13-7-8-20-11-13)17(4,12-18-15)14-5-6-14/h7-8,11,14-15,18H,5-6,9-10,12H2,1-4H3. The molecule has 2 unspecified atom stereocenters. The second-order valence-electron chi connectivity index (χ2n) is 7.94. The van der Waals surface area contributed by atoms with Crippen molar-refractivity contribution >= 4 is 11.3 Å². The smallest absolute Gasteiger partial charge is 0.0338 e. The lowest BCUT2D eigenvalue weighted by atomic mass is 9.81. The van der Waals surface area contributed by atoms with E-state index in [0.29, 0.717) is 17.0 Å². The summed E-state index contributed by atoms with van der Waals surface area (Å²) in [7, 11) is 0. The van der Waals surface area contributed by atoms with E-state index in [1.165, 1.54) is 24.9 Å². The molecule has 2 fully saturated rings. The molecular formula is C17H28N2S. The van der Waals surface area contributed by atoms with Crippen molar-refractivity contribution in [3.63, 3.8) is 0 Å². The Bertz CT molecular complexity index is 444. The fraction of sp³-hybridized carbons (Fsp3) is 0.765. The molecule has 0 spiro atoms. The van der Waals surface area contributed by atoms with Gasteiger partial charge in [0, 0.05) is 31.2 Å². The fourth-order valence-electron chi connectivity index (χ4n) is 3.47. The largest absolute Gasteiger partial charge is 0.310 e. The summed E-state index contributed by atoms with van der Waals surface area (Å²) in [5.74, 6) is 0.898. The van der Waals surface area contributed by atoms with Crippen LogP contribution in [-0.4, -0.2) is 29.6 Å². The van der Waals surface area contributed by atoms with Gasteiger partial charge in [-0.3, -0.25) is 4.90 Å². The number of hydrogen-bond donors (Lipinski definition) is 1. The number of hydrogen-bond acceptors (Lipinski definition) is 3. The van der Waals surface area contributed by atoms with Crippen LogP contribution in [-0.2, 0) is 6.54 Å². The molecule has 1 saturated heterocycles. The van der Waals surface area contributed by atoms with E-state index in [1.54, 1.807) is 0 Å². The average Bonchev–Trinajstić information content (AvgIpc) is 3.11. The molecule has 2 nitrogen and oxygen atoms in total.